The molecule has 0 bridgehead atoms. The molecule has 0 saturated heterocycles. The maximum absolute atomic E-state index is 11.1. The van der Waals surface area contributed by atoms with Gasteiger partial charge in [-0.2, -0.15) is 5.26 Å². The van der Waals surface area contributed by atoms with Crippen LogP contribution in [0.2, 0.25) is 0 Å². The fourth-order valence-electron chi connectivity index (χ4n) is 3.99. The number of carbonyl (C=O) groups excluding carboxylic acids is 1. The molecule has 0 radical (unpaired) electrons. The van der Waals surface area contributed by atoms with E-state index in [1.54, 1.807) is 25.5 Å². The SMILES string of the molecule is C=C(/C=C(\C)CN1CC=C(c2ccc(C#N)cc2C)CC1)C(=C\C=NC)/C=C(\C=C/NC(C)=O)NC.CC. The number of likely N-dealkylation sites (N-methyl/N-ethyl adjacent to an activating group) is 1. The first-order valence-electron chi connectivity index (χ1n) is 13.0. The first-order chi connectivity index (χ1) is 18.3. The fraction of sp³-hybridized carbons (Fsp3) is 0.344. The van der Waals surface area contributed by atoms with E-state index in [-0.39, 0.29) is 5.91 Å². The number of allylic oxidation sites excluding steroid dienone is 6. The van der Waals surface area contributed by atoms with Crippen molar-refractivity contribution >= 4 is 17.7 Å². The third-order valence-electron chi connectivity index (χ3n) is 5.81. The third-order valence-corrected chi connectivity index (χ3v) is 5.81. The summed E-state index contributed by atoms with van der Waals surface area (Å²) in [6.07, 6.45) is 14.4. The number of amides is 1. The Bertz CT molecular complexity index is 1190. The Morgan fingerprint density at radius 3 is 2.55 bits per heavy atom. The average molecular weight is 514 g/mol. The van der Waals surface area contributed by atoms with Crippen LogP contribution in [0.25, 0.3) is 5.57 Å². The van der Waals surface area contributed by atoms with Crippen molar-refractivity contribution in [2.24, 2.45) is 4.99 Å². The summed E-state index contributed by atoms with van der Waals surface area (Å²) < 4.78 is 0. The van der Waals surface area contributed by atoms with Gasteiger partial charge in [0.15, 0.2) is 0 Å². The summed E-state index contributed by atoms with van der Waals surface area (Å²) in [5, 5.41) is 14.9. The minimum Gasteiger partial charge on any atom is -0.388 e. The zero-order chi connectivity index (χ0) is 28.5. The minimum atomic E-state index is -0.120. The van der Waals surface area contributed by atoms with Crippen LogP contribution < -0.4 is 10.6 Å². The molecule has 0 aromatic heterocycles. The molecule has 1 aromatic rings. The van der Waals surface area contributed by atoms with Gasteiger partial charge in [0.25, 0.3) is 0 Å². The molecular weight excluding hydrogens is 470 g/mol. The first-order valence-corrected chi connectivity index (χ1v) is 13.0. The van der Waals surface area contributed by atoms with Crippen LogP contribution in [-0.4, -0.2) is 50.8 Å². The standard InChI is InChI=1S/C30H37N5O.C2H6/c1-22(17-23(2)28(9-13-32-5)19-29(33-6)10-14-34-25(4)36)21-35-15-11-27(12-16-35)30-8-7-26(20-31)18-24(30)3;1-2/h7-11,13-14,17-19,33H,2,12,15-16,21H2,1,3-6H3,(H,34,36);1-2H3/b14-10-,22-17+,28-9-,29-19+,32-13?;. The molecule has 1 amide bonds. The molecule has 2 rings (SSSR count). The van der Waals surface area contributed by atoms with Gasteiger partial charge in [0.2, 0.25) is 5.91 Å². The molecule has 202 valence electrons. The van der Waals surface area contributed by atoms with Crippen LogP contribution in [0.15, 0.2) is 88.8 Å². The lowest BCUT2D eigenvalue weighted by Gasteiger charge is -2.27. The molecule has 0 aliphatic carbocycles. The van der Waals surface area contributed by atoms with E-state index in [0.717, 1.165) is 48.5 Å². The summed E-state index contributed by atoms with van der Waals surface area (Å²) >= 11 is 0. The number of hydrogen-bond donors (Lipinski definition) is 2. The Hall–Kier alpha value is -3.95. The van der Waals surface area contributed by atoms with Gasteiger partial charge in [-0.3, -0.25) is 14.7 Å². The molecule has 0 fully saturated rings. The number of benzene rings is 1. The summed E-state index contributed by atoms with van der Waals surface area (Å²) in [5.41, 5.74) is 8.30. The van der Waals surface area contributed by atoms with Crippen LogP contribution in [0, 0.1) is 18.3 Å². The van der Waals surface area contributed by atoms with Gasteiger partial charge < -0.3 is 10.6 Å². The highest BCUT2D eigenvalue weighted by Crippen LogP contribution is 2.26. The molecule has 6 nitrogen and oxygen atoms in total. The number of nitrogens with zero attached hydrogens (tertiary/aromatic N) is 3. The first kappa shape index (κ1) is 32.1. The molecule has 6 heteroatoms. The predicted octanol–water partition coefficient (Wildman–Crippen LogP) is 5.86. The maximum atomic E-state index is 11.1. The van der Waals surface area contributed by atoms with Crippen LogP contribution in [-0.2, 0) is 4.79 Å². The maximum Gasteiger partial charge on any atom is 0.220 e. The molecule has 0 spiro atoms. The monoisotopic (exact) mass is 513 g/mol. The number of aliphatic imine (C=N–C) groups is 1. The highest BCUT2D eigenvalue weighted by Gasteiger charge is 2.15. The van der Waals surface area contributed by atoms with E-state index < -0.39 is 0 Å². The number of nitrogens with one attached hydrogen (secondary N) is 2. The Balaban J connectivity index is 0.00000352. The smallest absolute Gasteiger partial charge is 0.220 e. The average Bonchev–Trinajstić information content (AvgIpc) is 2.91. The number of carbonyl (C=O) groups is 1. The van der Waals surface area contributed by atoms with Crippen molar-refractivity contribution in [3.63, 3.8) is 0 Å². The van der Waals surface area contributed by atoms with E-state index in [1.807, 2.05) is 45.2 Å². The Morgan fingerprint density at radius 2 is 2.00 bits per heavy atom. The zero-order valence-corrected chi connectivity index (χ0v) is 24.1. The van der Waals surface area contributed by atoms with Gasteiger partial charge in [0, 0.05) is 58.8 Å². The summed E-state index contributed by atoms with van der Waals surface area (Å²) in [6.45, 7) is 16.7. The van der Waals surface area contributed by atoms with Gasteiger partial charge in [-0.1, -0.05) is 44.2 Å². The fourth-order valence-corrected chi connectivity index (χ4v) is 3.99. The molecule has 1 aromatic carbocycles. The van der Waals surface area contributed by atoms with Crippen molar-refractivity contribution in [3.8, 4) is 6.07 Å². The third kappa shape index (κ3) is 11.0. The van der Waals surface area contributed by atoms with E-state index in [1.165, 1.54) is 23.6 Å². The van der Waals surface area contributed by atoms with E-state index in [9.17, 15) is 4.79 Å². The largest absolute Gasteiger partial charge is 0.388 e. The van der Waals surface area contributed by atoms with Crippen LogP contribution >= 0.6 is 0 Å². The van der Waals surface area contributed by atoms with Gasteiger partial charge in [0.05, 0.1) is 11.6 Å². The second-order valence-electron chi connectivity index (χ2n) is 8.78. The second-order valence-corrected chi connectivity index (χ2v) is 8.78. The quantitative estimate of drug-likeness (QED) is 0.303. The Labute approximate surface area is 229 Å². The summed E-state index contributed by atoms with van der Waals surface area (Å²) in [7, 11) is 3.56. The molecule has 1 aliphatic rings. The van der Waals surface area contributed by atoms with Gasteiger partial charge >= 0.3 is 0 Å². The van der Waals surface area contributed by atoms with Crippen molar-refractivity contribution in [1.82, 2.24) is 15.5 Å². The number of hydrogen-bond acceptors (Lipinski definition) is 5. The highest BCUT2D eigenvalue weighted by atomic mass is 16.1. The normalized spacial score (nSPS) is 15.0. The van der Waals surface area contributed by atoms with Gasteiger partial charge in [-0.15, -0.1) is 0 Å². The number of aryl methyl sites for hydroxylation is 1. The summed E-state index contributed by atoms with van der Waals surface area (Å²) in [4.78, 5) is 17.6. The van der Waals surface area contributed by atoms with E-state index >= 15 is 0 Å². The number of nitriles is 1. The summed E-state index contributed by atoms with van der Waals surface area (Å²) in [5.74, 6) is -0.120. The Morgan fingerprint density at radius 1 is 1.26 bits per heavy atom. The van der Waals surface area contributed by atoms with Crippen LogP contribution in [0.5, 0.6) is 0 Å². The van der Waals surface area contributed by atoms with E-state index in [4.69, 9.17) is 5.26 Å². The topological polar surface area (TPSA) is 80.5 Å². The van der Waals surface area contributed by atoms with Gasteiger partial charge in [0.1, 0.15) is 0 Å². The summed E-state index contributed by atoms with van der Waals surface area (Å²) in [6, 6.07) is 8.13. The van der Waals surface area contributed by atoms with E-state index in [0.29, 0.717) is 5.56 Å². The van der Waals surface area contributed by atoms with E-state index in [2.05, 4.69) is 65.2 Å². The zero-order valence-electron chi connectivity index (χ0n) is 24.1. The molecule has 1 heterocycles. The van der Waals surface area contributed by atoms with Crippen molar-refractivity contribution in [2.45, 2.75) is 41.0 Å². The van der Waals surface area contributed by atoms with Crippen molar-refractivity contribution in [2.75, 3.05) is 33.7 Å². The lowest BCUT2D eigenvalue weighted by molar-refractivity contribution is -0.118. The second kappa shape index (κ2) is 17.5. The molecule has 38 heavy (non-hydrogen) atoms. The van der Waals surface area contributed by atoms with Gasteiger partial charge in [-0.25, -0.2) is 0 Å². The molecule has 0 saturated carbocycles. The van der Waals surface area contributed by atoms with Crippen molar-refractivity contribution in [3.05, 3.63) is 100 Å². The molecule has 2 N–H and O–H groups in total. The lowest BCUT2D eigenvalue weighted by Crippen LogP contribution is -2.30. The van der Waals surface area contributed by atoms with Crippen molar-refractivity contribution in [1.29, 1.82) is 5.26 Å². The van der Waals surface area contributed by atoms with Crippen LogP contribution in [0.3, 0.4) is 0 Å². The van der Waals surface area contributed by atoms with Crippen molar-refractivity contribution < 1.29 is 4.79 Å². The molecule has 0 atom stereocenters. The van der Waals surface area contributed by atoms with Crippen LogP contribution in [0.4, 0.5) is 0 Å². The molecule has 0 unspecified atom stereocenters. The molecular formula is C32H43N5O. The molecule has 1 aliphatic heterocycles. The predicted molar refractivity (Wildman–Crippen MR) is 162 cm³/mol. The van der Waals surface area contributed by atoms with Crippen LogP contribution in [0.1, 0.15) is 50.8 Å². The Kier molecular flexibility index (Phi) is 14.8. The number of rotatable bonds is 10. The minimum absolute atomic E-state index is 0.120. The lowest BCUT2D eigenvalue weighted by atomic mass is 9.94. The highest BCUT2D eigenvalue weighted by molar-refractivity contribution is 5.76. The van der Waals surface area contributed by atoms with Gasteiger partial charge in [-0.05, 0) is 78.5 Å².